The first kappa shape index (κ1) is 19.8. The summed E-state index contributed by atoms with van der Waals surface area (Å²) < 4.78 is 7.09. The van der Waals surface area contributed by atoms with Crippen LogP contribution in [0.4, 0.5) is 0 Å². The maximum Gasteiger partial charge on any atom is 0.113 e. The first-order chi connectivity index (χ1) is 13.4. The zero-order chi connectivity index (χ0) is 19.8. The van der Waals surface area contributed by atoms with E-state index in [1.54, 1.807) is 17.5 Å². The van der Waals surface area contributed by atoms with Crippen LogP contribution in [0.15, 0.2) is 30.5 Å². The topological polar surface area (TPSA) is 49.2 Å². The summed E-state index contributed by atoms with van der Waals surface area (Å²) in [6.45, 7) is 7.35. The highest BCUT2D eigenvalue weighted by molar-refractivity contribution is 7.15. The molecule has 4 nitrogen and oxygen atoms in total. The van der Waals surface area contributed by atoms with Crippen LogP contribution in [0.2, 0.25) is 4.34 Å². The number of aryl methyl sites for hydroxylation is 1. The van der Waals surface area contributed by atoms with Gasteiger partial charge < -0.3 is 4.74 Å². The van der Waals surface area contributed by atoms with Crippen molar-refractivity contribution in [2.45, 2.75) is 57.8 Å². The summed E-state index contributed by atoms with van der Waals surface area (Å²) in [5.74, 6) is 0. The molecule has 2 aliphatic rings. The van der Waals surface area contributed by atoms with E-state index in [4.69, 9.17) is 21.6 Å². The standard InChI is InChI=1S/C22H26ClN3OS/c1-21(2)11-18(27-21)22(8-7-16-3-5-17(12-24)6-4-16)9-10-26(15-22)14-20-25-13-19(23)28-20/h3-6,13,18H,7-11,14-15H2,1-2H3/t18?,22-/m1/s1. The van der Waals surface area contributed by atoms with E-state index in [0.29, 0.717) is 6.10 Å². The van der Waals surface area contributed by atoms with E-state index < -0.39 is 0 Å². The third-order valence-corrected chi connectivity index (χ3v) is 7.26. The number of benzene rings is 1. The maximum atomic E-state index is 9.00. The van der Waals surface area contributed by atoms with Gasteiger partial charge >= 0.3 is 0 Å². The predicted octanol–water partition coefficient (Wildman–Crippen LogP) is 5.06. The smallest absolute Gasteiger partial charge is 0.113 e. The molecule has 2 aromatic rings. The van der Waals surface area contributed by atoms with Gasteiger partial charge in [0.2, 0.25) is 0 Å². The minimum absolute atomic E-state index is 0.00234. The maximum absolute atomic E-state index is 9.00. The first-order valence-corrected chi connectivity index (χ1v) is 11.1. The van der Waals surface area contributed by atoms with Crippen LogP contribution < -0.4 is 0 Å². The molecule has 0 bridgehead atoms. The van der Waals surface area contributed by atoms with E-state index in [2.05, 4.69) is 41.9 Å². The highest BCUT2D eigenvalue weighted by Gasteiger charge is 2.52. The van der Waals surface area contributed by atoms with Gasteiger partial charge in [-0.05, 0) is 57.4 Å². The minimum Gasteiger partial charge on any atom is -0.372 e. The average molecular weight is 416 g/mol. The minimum atomic E-state index is 0.00234. The highest BCUT2D eigenvalue weighted by Crippen LogP contribution is 2.49. The largest absolute Gasteiger partial charge is 0.372 e. The normalized spacial score (nSPS) is 26.7. The molecule has 28 heavy (non-hydrogen) atoms. The van der Waals surface area contributed by atoms with Crippen LogP contribution in [0.3, 0.4) is 0 Å². The van der Waals surface area contributed by atoms with E-state index in [-0.39, 0.29) is 11.0 Å². The third-order valence-electron chi connectivity index (χ3n) is 6.16. The van der Waals surface area contributed by atoms with E-state index in [9.17, 15) is 0 Å². The quantitative estimate of drug-likeness (QED) is 0.661. The molecule has 0 aliphatic carbocycles. The lowest BCUT2D eigenvalue weighted by Gasteiger charge is -2.52. The number of hydrogen-bond donors (Lipinski definition) is 0. The molecule has 0 saturated carbocycles. The Bertz CT molecular complexity index is 865. The zero-order valence-electron chi connectivity index (χ0n) is 16.4. The van der Waals surface area contributed by atoms with Crippen LogP contribution in [0.5, 0.6) is 0 Å². The lowest BCUT2D eigenvalue weighted by Crippen LogP contribution is -2.55. The van der Waals surface area contributed by atoms with Crippen molar-refractivity contribution in [1.82, 2.24) is 9.88 Å². The summed E-state index contributed by atoms with van der Waals surface area (Å²) in [6, 6.07) is 10.2. The number of hydrogen-bond acceptors (Lipinski definition) is 5. The second kappa shape index (κ2) is 7.76. The Hall–Kier alpha value is -1.45. The van der Waals surface area contributed by atoms with Gasteiger partial charge in [-0.3, -0.25) is 4.90 Å². The summed E-state index contributed by atoms with van der Waals surface area (Å²) in [7, 11) is 0. The Labute approximate surface area is 176 Å². The van der Waals surface area contributed by atoms with Crippen molar-refractivity contribution in [1.29, 1.82) is 5.26 Å². The molecule has 2 fully saturated rings. The lowest BCUT2D eigenvalue weighted by atomic mass is 9.70. The molecule has 1 aromatic heterocycles. The molecule has 3 heterocycles. The molecule has 0 N–H and O–H groups in total. The summed E-state index contributed by atoms with van der Waals surface area (Å²) in [5, 5.41) is 10.1. The average Bonchev–Trinajstić information content (AvgIpc) is 3.25. The van der Waals surface area contributed by atoms with Crippen molar-refractivity contribution in [2.75, 3.05) is 13.1 Å². The molecule has 0 spiro atoms. The fourth-order valence-corrected chi connectivity index (χ4v) is 5.60. The van der Waals surface area contributed by atoms with Gasteiger partial charge in [-0.15, -0.1) is 11.3 Å². The van der Waals surface area contributed by atoms with E-state index >= 15 is 0 Å². The zero-order valence-corrected chi connectivity index (χ0v) is 18.0. The lowest BCUT2D eigenvalue weighted by molar-refractivity contribution is -0.230. The van der Waals surface area contributed by atoms with Crippen molar-refractivity contribution >= 4 is 22.9 Å². The van der Waals surface area contributed by atoms with Crippen LogP contribution in [0, 0.1) is 16.7 Å². The van der Waals surface area contributed by atoms with Gasteiger partial charge in [-0.25, -0.2) is 4.98 Å². The van der Waals surface area contributed by atoms with Crippen LogP contribution in [-0.4, -0.2) is 34.7 Å². The van der Waals surface area contributed by atoms with Crippen molar-refractivity contribution < 1.29 is 4.74 Å². The van der Waals surface area contributed by atoms with Crippen LogP contribution in [-0.2, 0) is 17.7 Å². The van der Waals surface area contributed by atoms with E-state index in [1.807, 2.05) is 12.1 Å². The van der Waals surface area contributed by atoms with Crippen molar-refractivity contribution in [3.05, 3.63) is 50.9 Å². The molecule has 2 saturated heterocycles. The van der Waals surface area contributed by atoms with Crippen molar-refractivity contribution in [3.63, 3.8) is 0 Å². The number of nitrogens with zero attached hydrogens (tertiary/aromatic N) is 3. The number of likely N-dealkylation sites (tertiary alicyclic amines) is 1. The number of ether oxygens (including phenoxy) is 1. The van der Waals surface area contributed by atoms with Gasteiger partial charge in [0.25, 0.3) is 0 Å². The Kier molecular flexibility index (Phi) is 5.50. The molecule has 2 atom stereocenters. The second-order valence-corrected chi connectivity index (χ2v) is 10.5. The highest BCUT2D eigenvalue weighted by atomic mass is 35.5. The molecule has 4 rings (SSSR count). The number of thiazole rings is 1. The molecule has 6 heteroatoms. The molecule has 2 aliphatic heterocycles. The van der Waals surface area contributed by atoms with E-state index in [1.165, 1.54) is 5.56 Å². The molecular formula is C22H26ClN3OS. The first-order valence-electron chi connectivity index (χ1n) is 9.87. The Balaban J connectivity index is 1.45. The molecule has 0 radical (unpaired) electrons. The third kappa shape index (κ3) is 4.26. The van der Waals surface area contributed by atoms with Gasteiger partial charge in [0.15, 0.2) is 0 Å². The van der Waals surface area contributed by atoms with Crippen molar-refractivity contribution in [3.8, 4) is 6.07 Å². The van der Waals surface area contributed by atoms with E-state index in [0.717, 1.165) is 60.2 Å². The van der Waals surface area contributed by atoms with Gasteiger partial charge in [-0.1, -0.05) is 23.7 Å². The number of halogens is 1. The number of rotatable bonds is 6. The van der Waals surface area contributed by atoms with Crippen LogP contribution in [0.25, 0.3) is 0 Å². The fraction of sp³-hybridized carbons (Fsp3) is 0.545. The van der Waals surface area contributed by atoms with Gasteiger partial charge in [0, 0.05) is 18.4 Å². The predicted molar refractivity (Wildman–Crippen MR) is 112 cm³/mol. The molecule has 148 valence electrons. The molecule has 0 amide bonds. The SMILES string of the molecule is CC1(C)CC([C@]2(CCc3ccc(C#N)cc3)CCN(Cc3ncc(Cl)s3)C2)O1. The molecular weight excluding hydrogens is 390 g/mol. The molecule has 1 aromatic carbocycles. The van der Waals surface area contributed by atoms with Gasteiger partial charge in [-0.2, -0.15) is 5.26 Å². The summed E-state index contributed by atoms with van der Waals surface area (Å²) >= 11 is 7.62. The summed E-state index contributed by atoms with van der Waals surface area (Å²) in [4.78, 5) is 6.93. The summed E-state index contributed by atoms with van der Waals surface area (Å²) in [5.41, 5.74) is 2.20. The van der Waals surface area contributed by atoms with Crippen molar-refractivity contribution in [2.24, 2.45) is 5.41 Å². The number of nitriles is 1. The Morgan fingerprint density at radius 2 is 2.11 bits per heavy atom. The monoisotopic (exact) mass is 415 g/mol. The Morgan fingerprint density at radius 1 is 1.36 bits per heavy atom. The molecule has 1 unspecified atom stereocenters. The second-order valence-electron chi connectivity index (χ2n) is 8.76. The van der Waals surface area contributed by atoms with Crippen LogP contribution in [0.1, 0.15) is 49.2 Å². The van der Waals surface area contributed by atoms with Gasteiger partial charge in [0.05, 0.1) is 36.1 Å². The summed E-state index contributed by atoms with van der Waals surface area (Å²) in [6.07, 6.45) is 6.47. The van der Waals surface area contributed by atoms with Crippen LogP contribution >= 0.6 is 22.9 Å². The number of aromatic nitrogens is 1. The van der Waals surface area contributed by atoms with Gasteiger partial charge in [0.1, 0.15) is 9.34 Å². The fourth-order valence-electron chi connectivity index (χ4n) is 4.60. The Morgan fingerprint density at radius 3 is 2.71 bits per heavy atom.